The van der Waals surface area contributed by atoms with Gasteiger partial charge in [-0.05, 0) is 45.8 Å². The van der Waals surface area contributed by atoms with Crippen molar-refractivity contribution >= 4 is 65.3 Å². The van der Waals surface area contributed by atoms with Crippen LogP contribution >= 0.6 is 31.9 Å². The standard InChI is InChI=1S/C16H8Br2O4/c17-8-5-12-9(13(6-8)16(21)22)1-2-10-11(12)3-7(15(19)20)4-14(10)18/h1-6H,(H,19,20)(H,21,22). The van der Waals surface area contributed by atoms with Crippen molar-refractivity contribution in [2.75, 3.05) is 0 Å². The number of carboxylic acids is 2. The zero-order valence-corrected chi connectivity index (χ0v) is 14.1. The van der Waals surface area contributed by atoms with Crippen LogP contribution in [-0.2, 0) is 0 Å². The Labute approximate surface area is 141 Å². The van der Waals surface area contributed by atoms with Crippen molar-refractivity contribution in [3.63, 3.8) is 0 Å². The molecule has 2 N–H and O–H groups in total. The highest BCUT2D eigenvalue weighted by atomic mass is 79.9. The first-order valence-electron chi connectivity index (χ1n) is 6.20. The normalized spacial score (nSPS) is 11.0. The Morgan fingerprint density at radius 3 is 2.05 bits per heavy atom. The third-order valence-electron chi connectivity index (χ3n) is 3.46. The van der Waals surface area contributed by atoms with Gasteiger partial charge in [0.15, 0.2) is 0 Å². The maximum atomic E-state index is 11.4. The SMILES string of the molecule is O=C(O)c1cc(Br)c2ccc3c(C(=O)O)cc(Br)cc3c2c1. The second-order valence-corrected chi connectivity index (χ2v) is 6.55. The van der Waals surface area contributed by atoms with Gasteiger partial charge in [-0.1, -0.05) is 44.0 Å². The van der Waals surface area contributed by atoms with Gasteiger partial charge < -0.3 is 10.2 Å². The lowest BCUT2D eigenvalue weighted by molar-refractivity contribution is 0.0687. The van der Waals surface area contributed by atoms with Gasteiger partial charge in [0.25, 0.3) is 0 Å². The summed E-state index contributed by atoms with van der Waals surface area (Å²) >= 11 is 6.69. The van der Waals surface area contributed by atoms with E-state index >= 15 is 0 Å². The van der Waals surface area contributed by atoms with Crippen molar-refractivity contribution in [1.29, 1.82) is 0 Å². The van der Waals surface area contributed by atoms with Gasteiger partial charge in [-0.15, -0.1) is 0 Å². The van der Waals surface area contributed by atoms with Crippen LogP contribution in [0.25, 0.3) is 21.5 Å². The second-order valence-electron chi connectivity index (χ2n) is 4.78. The van der Waals surface area contributed by atoms with Crippen LogP contribution in [0.5, 0.6) is 0 Å². The molecule has 3 aromatic carbocycles. The average molecular weight is 424 g/mol. The molecule has 6 heteroatoms. The van der Waals surface area contributed by atoms with Crippen LogP contribution in [0.2, 0.25) is 0 Å². The Balaban J connectivity index is 2.54. The zero-order valence-electron chi connectivity index (χ0n) is 10.9. The number of carboxylic acid groups (broad SMARTS) is 2. The average Bonchev–Trinajstić information content (AvgIpc) is 2.45. The zero-order chi connectivity index (χ0) is 16.0. The van der Waals surface area contributed by atoms with Crippen molar-refractivity contribution in [3.8, 4) is 0 Å². The molecule has 4 nitrogen and oxygen atoms in total. The molecule has 0 amide bonds. The number of hydrogen-bond donors (Lipinski definition) is 2. The van der Waals surface area contributed by atoms with Gasteiger partial charge >= 0.3 is 11.9 Å². The molecular weight excluding hydrogens is 416 g/mol. The molecule has 0 atom stereocenters. The molecular formula is C16H8Br2O4. The molecule has 0 spiro atoms. The lowest BCUT2D eigenvalue weighted by Gasteiger charge is -2.10. The molecule has 0 fully saturated rings. The van der Waals surface area contributed by atoms with E-state index in [0.29, 0.717) is 25.1 Å². The number of aromatic carboxylic acids is 2. The lowest BCUT2D eigenvalue weighted by Crippen LogP contribution is -1.99. The Kier molecular flexibility index (Phi) is 3.66. The van der Waals surface area contributed by atoms with E-state index in [-0.39, 0.29) is 11.1 Å². The minimum absolute atomic E-state index is 0.142. The number of carbonyl (C=O) groups is 2. The van der Waals surface area contributed by atoms with Crippen LogP contribution in [0.4, 0.5) is 0 Å². The van der Waals surface area contributed by atoms with Crippen LogP contribution in [0.1, 0.15) is 20.7 Å². The Hall–Kier alpha value is -1.92. The van der Waals surface area contributed by atoms with Crippen LogP contribution < -0.4 is 0 Å². The van der Waals surface area contributed by atoms with E-state index in [1.807, 2.05) is 0 Å². The molecule has 110 valence electrons. The van der Waals surface area contributed by atoms with E-state index in [1.165, 1.54) is 12.1 Å². The Morgan fingerprint density at radius 2 is 1.41 bits per heavy atom. The number of hydrogen-bond acceptors (Lipinski definition) is 2. The summed E-state index contributed by atoms with van der Waals surface area (Å²) in [4.78, 5) is 22.7. The number of benzene rings is 3. The maximum Gasteiger partial charge on any atom is 0.336 e. The third kappa shape index (κ3) is 2.38. The number of fused-ring (bicyclic) bond motifs is 3. The summed E-state index contributed by atoms with van der Waals surface area (Å²) in [6.45, 7) is 0. The van der Waals surface area contributed by atoms with Crippen molar-refractivity contribution in [2.45, 2.75) is 0 Å². The molecule has 0 saturated heterocycles. The molecule has 3 rings (SSSR count). The number of rotatable bonds is 2. The molecule has 3 aromatic rings. The summed E-state index contributed by atoms with van der Waals surface area (Å²) in [7, 11) is 0. The fourth-order valence-electron chi connectivity index (χ4n) is 2.50. The largest absolute Gasteiger partial charge is 0.478 e. The topological polar surface area (TPSA) is 74.6 Å². The highest BCUT2D eigenvalue weighted by Crippen LogP contribution is 2.35. The van der Waals surface area contributed by atoms with Crippen molar-refractivity contribution in [3.05, 3.63) is 56.5 Å². The van der Waals surface area contributed by atoms with E-state index in [0.717, 1.165) is 5.39 Å². The predicted molar refractivity (Wildman–Crippen MR) is 90.8 cm³/mol. The fourth-order valence-corrected chi connectivity index (χ4v) is 3.55. The molecule has 0 aliphatic carbocycles. The van der Waals surface area contributed by atoms with Crippen LogP contribution in [0.15, 0.2) is 45.3 Å². The van der Waals surface area contributed by atoms with Gasteiger partial charge in [0.2, 0.25) is 0 Å². The van der Waals surface area contributed by atoms with Gasteiger partial charge in [-0.25, -0.2) is 9.59 Å². The van der Waals surface area contributed by atoms with Gasteiger partial charge in [0, 0.05) is 8.95 Å². The molecule has 0 bridgehead atoms. The first kappa shape index (κ1) is 15.0. The summed E-state index contributed by atoms with van der Waals surface area (Å²) in [6.07, 6.45) is 0. The fraction of sp³-hybridized carbons (Fsp3) is 0. The molecule has 0 saturated carbocycles. The van der Waals surface area contributed by atoms with Gasteiger partial charge in [-0.3, -0.25) is 0 Å². The summed E-state index contributed by atoms with van der Waals surface area (Å²) in [6, 6.07) is 9.94. The maximum absolute atomic E-state index is 11.4. The predicted octanol–water partition coefficient (Wildman–Crippen LogP) is 4.91. The van der Waals surface area contributed by atoms with E-state index in [1.54, 1.807) is 24.3 Å². The summed E-state index contributed by atoms with van der Waals surface area (Å²) < 4.78 is 1.28. The lowest BCUT2D eigenvalue weighted by atomic mass is 9.97. The van der Waals surface area contributed by atoms with Crippen molar-refractivity contribution in [1.82, 2.24) is 0 Å². The van der Waals surface area contributed by atoms with Gasteiger partial charge in [-0.2, -0.15) is 0 Å². The minimum atomic E-state index is -1.03. The van der Waals surface area contributed by atoms with Crippen LogP contribution in [0, 0.1) is 0 Å². The summed E-state index contributed by atoms with van der Waals surface area (Å²) in [5, 5.41) is 21.3. The third-order valence-corrected chi connectivity index (χ3v) is 4.57. The van der Waals surface area contributed by atoms with Gasteiger partial charge in [0.05, 0.1) is 11.1 Å². The van der Waals surface area contributed by atoms with Crippen molar-refractivity contribution < 1.29 is 19.8 Å². The first-order valence-corrected chi connectivity index (χ1v) is 7.79. The molecule has 0 unspecified atom stereocenters. The first-order chi connectivity index (χ1) is 10.4. The van der Waals surface area contributed by atoms with E-state index < -0.39 is 11.9 Å². The van der Waals surface area contributed by atoms with E-state index in [9.17, 15) is 19.8 Å². The Morgan fingerprint density at radius 1 is 0.773 bits per heavy atom. The summed E-state index contributed by atoms with van der Waals surface area (Å²) in [5.41, 5.74) is 0.312. The monoisotopic (exact) mass is 422 g/mol. The molecule has 0 aromatic heterocycles. The minimum Gasteiger partial charge on any atom is -0.478 e. The molecule has 0 heterocycles. The van der Waals surface area contributed by atoms with Crippen molar-refractivity contribution in [2.24, 2.45) is 0 Å². The second kappa shape index (κ2) is 5.37. The molecule has 0 aliphatic rings. The number of halogens is 2. The quantitative estimate of drug-likeness (QED) is 0.574. The van der Waals surface area contributed by atoms with Crippen LogP contribution in [-0.4, -0.2) is 22.2 Å². The highest BCUT2D eigenvalue weighted by molar-refractivity contribution is 9.11. The smallest absolute Gasteiger partial charge is 0.336 e. The van der Waals surface area contributed by atoms with Gasteiger partial charge in [0.1, 0.15) is 0 Å². The van der Waals surface area contributed by atoms with E-state index in [2.05, 4.69) is 31.9 Å². The molecule has 0 radical (unpaired) electrons. The Bertz CT molecular complexity index is 963. The summed E-state index contributed by atoms with van der Waals surface area (Å²) in [5.74, 6) is -2.06. The highest BCUT2D eigenvalue weighted by Gasteiger charge is 2.15. The van der Waals surface area contributed by atoms with Crippen LogP contribution in [0.3, 0.4) is 0 Å². The van der Waals surface area contributed by atoms with E-state index in [4.69, 9.17) is 0 Å². The molecule has 0 aliphatic heterocycles. The molecule has 22 heavy (non-hydrogen) atoms.